The molecule has 0 saturated heterocycles. The molecule has 12 nitrogen and oxygen atoms in total. The van der Waals surface area contributed by atoms with Crippen molar-refractivity contribution in [1.29, 1.82) is 0 Å². The van der Waals surface area contributed by atoms with Crippen molar-refractivity contribution in [2.45, 2.75) is 13.5 Å². The van der Waals surface area contributed by atoms with Gasteiger partial charge in [0.2, 0.25) is 0 Å². The summed E-state index contributed by atoms with van der Waals surface area (Å²) in [7, 11) is 0. The van der Waals surface area contributed by atoms with Gasteiger partial charge >= 0.3 is 5.97 Å². The van der Waals surface area contributed by atoms with Gasteiger partial charge < -0.3 is 33.6 Å². The summed E-state index contributed by atoms with van der Waals surface area (Å²) < 4.78 is 27.6. The number of nitrogens with zero attached hydrogens (tertiary/aromatic N) is 4. The monoisotopic (exact) mass is 441 g/mol. The predicted octanol–water partition coefficient (Wildman–Crippen LogP) is 1.20. The van der Waals surface area contributed by atoms with Gasteiger partial charge in [0.15, 0.2) is 0 Å². The number of hydrogen-bond donors (Lipinski definition) is 1. The lowest BCUT2D eigenvalue weighted by atomic mass is 10.4. The molecule has 1 heterocycles. The Morgan fingerprint density at radius 3 is 2.26 bits per heavy atom. The molecular formula is C19H31N5O7. The Hall–Kier alpha value is -2.63. The first-order valence-corrected chi connectivity index (χ1v) is 10.1. The fourth-order valence-electron chi connectivity index (χ4n) is 2.28. The number of rotatable bonds is 19. The Kier molecular flexibility index (Phi) is 15.5. The van der Waals surface area contributed by atoms with E-state index in [2.05, 4.69) is 15.3 Å². The molecule has 1 aromatic heterocycles. The standard InChI is InChI=1S/C19H31N5O7/c1-2-31-19(26)16-24-15-17(3-4-18(24)25)21-5-7-27-9-11-29-13-14-30-12-10-28-8-6-22-23-20/h3-4,15,21H,2,5-14,16H2,1H3. The molecule has 0 radical (unpaired) electrons. The van der Waals surface area contributed by atoms with Crippen LogP contribution < -0.4 is 10.9 Å². The van der Waals surface area contributed by atoms with Gasteiger partial charge in [0.1, 0.15) is 6.54 Å². The summed E-state index contributed by atoms with van der Waals surface area (Å²) in [6, 6.07) is 3.05. The van der Waals surface area contributed by atoms with Crippen molar-refractivity contribution in [1.82, 2.24) is 4.57 Å². The Balaban J connectivity index is 1.99. The average Bonchev–Trinajstić information content (AvgIpc) is 2.75. The van der Waals surface area contributed by atoms with Crippen LogP contribution in [0.25, 0.3) is 10.4 Å². The average molecular weight is 441 g/mol. The largest absolute Gasteiger partial charge is 0.465 e. The second-order valence-electron chi connectivity index (χ2n) is 6.02. The molecule has 0 unspecified atom stereocenters. The SMILES string of the molecule is CCOC(=O)Cn1cc(NCCOCCOCCOCCOCCN=[N+]=[N-])ccc1=O. The number of esters is 1. The minimum Gasteiger partial charge on any atom is -0.465 e. The molecule has 0 aliphatic carbocycles. The molecule has 1 N–H and O–H groups in total. The van der Waals surface area contributed by atoms with Crippen molar-refractivity contribution in [2.24, 2.45) is 5.11 Å². The third-order valence-electron chi connectivity index (χ3n) is 3.68. The van der Waals surface area contributed by atoms with E-state index in [-0.39, 0.29) is 18.7 Å². The number of anilines is 1. The van der Waals surface area contributed by atoms with E-state index in [0.29, 0.717) is 71.6 Å². The predicted molar refractivity (Wildman–Crippen MR) is 113 cm³/mol. The van der Waals surface area contributed by atoms with Crippen LogP contribution in [0, 0.1) is 0 Å². The van der Waals surface area contributed by atoms with Gasteiger partial charge in [0, 0.05) is 30.3 Å². The van der Waals surface area contributed by atoms with E-state index in [0.717, 1.165) is 0 Å². The van der Waals surface area contributed by atoms with Crippen LogP contribution in [-0.4, -0.2) is 83.1 Å². The summed E-state index contributed by atoms with van der Waals surface area (Å²) in [6.07, 6.45) is 1.58. The van der Waals surface area contributed by atoms with Crippen LogP contribution in [-0.2, 0) is 35.0 Å². The fraction of sp³-hybridized carbons (Fsp3) is 0.684. The van der Waals surface area contributed by atoms with Gasteiger partial charge in [-0.05, 0) is 18.5 Å². The van der Waals surface area contributed by atoms with Crippen LogP contribution in [0.2, 0.25) is 0 Å². The molecule has 31 heavy (non-hydrogen) atoms. The minimum absolute atomic E-state index is 0.121. The van der Waals surface area contributed by atoms with E-state index in [9.17, 15) is 9.59 Å². The number of hydrogen-bond acceptors (Lipinski definition) is 9. The normalized spacial score (nSPS) is 10.5. The zero-order valence-electron chi connectivity index (χ0n) is 17.9. The molecule has 12 heteroatoms. The molecule has 0 spiro atoms. The van der Waals surface area contributed by atoms with Crippen molar-refractivity contribution in [3.63, 3.8) is 0 Å². The molecule has 0 aromatic carbocycles. The molecule has 1 aromatic rings. The number of pyridine rings is 1. The summed E-state index contributed by atoms with van der Waals surface area (Å²) in [6.45, 7) is 6.29. The van der Waals surface area contributed by atoms with Gasteiger partial charge in [-0.15, -0.1) is 0 Å². The lowest BCUT2D eigenvalue weighted by molar-refractivity contribution is -0.143. The molecule has 0 bridgehead atoms. The first-order chi connectivity index (χ1) is 15.2. The van der Waals surface area contributed by atoms with Crippen molar-refractivity contribution in [2.75, 3.05) is 77.9 Å². The second-order valence-corrected chi connectivity index (χ2v) is 6.02. The van der Waals surface area contributed by atoms with Crippen LogP contribution in [0.5, 0.6) is 0 Å². The lowest BCUT2D eigenvalue weighted by Gasteiger charge is -2.10. The first kappa shape index (κ1) is 26.4. The maximum absolute atomic E-state index is 11.8. The molecule has 0 atom stereocenters. The zero-order valence-corrected chi connectivity index (χ0v) is 17.9. The summed E-state index contributed by atoms with van der Waals surface area (Å²) in [5.74, 6) is -0.453. The zero-order chi connectivity index (χ0) is 22.6. The molecule has 0 fully saturated rings. The third kappa shape index (κ3) is 14.1. The van der Waals surface area contributed by atoms with Gasteiger partial charge in [0.05, 0.1) is 65.1 Å². The van der Waals surface area contributed by atoms with Crippen LogP contribution in [0.15, 0.2) is 28.2 Å². The maximum Gasteiger partial charge on any atom is 0.326 e. The van der Waals surface area contributed by atoms with Crippen LogP contribution in [0.1, 0.15) is 6.92 Å². The molecular weight excluding hydrogens is 410 g/mol. The van der Waals surface area contributed by atoms with E-state index in [1.165, 1.54) is 10.6 Å². The van der Waals surface area contributed by atoms with E-state index in [4.69, 9.17) is 29.2 Å². The second kappa shape index (κ2) is 18.2. The highest BCUT2D eigenvalue weighted by atomic mass is 16.6. The van der Waals surface area contributed by atoms with E-state index in [1.807, 2.05) is 0 Å². The minimum atomic E-state index is -0.453. The molecule has 174 valence electrons. The molecule has 0 aliphatic heterocycles. The number of carbonyl (C=O) groups is 1. The first-order valence-electron chi connectivity index (χ1n) is 10.1. The summed E-state index contributed by atoms with van der Waals surface area (Å²) >= 11 is 0. The Bertz CT molecular complexity index is 722. The smallest absolute Gasteiger partial charge is 0.326 e. The van der Waals surface area contributed by atoms with Crippen LogP contribution >= 0.6 is 0 Å². The van der Waals surface area contributed by atoms with Crippen LogP contribution in [0.4, 0.5) is 5.69 Å². The topological polar surface area (TPSA) is 146 Å². The van der Waals surface area contributed by atoms with Crippen molar-refractivity contribution >= 4 is 11.7 Å². The van der Waals surface area contributed by atoms with E-state index < -0.39 is 5.97 Å². The highest BCUT2D eigenvalue weighted by molar-refractivity contribution is 5.69. The summed E-state index contributed by atoms with van der Waals surface area (Å²) in [5.41, 5.74) is 8.54. The van der Waals surface area contributed by atoms with Crippen molar-refractivity contribution < 1.29 is 28.5 Å². The van der Waals surface area contributed by atoms with Crippen LogP contribution in [0.3, 0.4) is 0 Å². The van der Waals surface area contributed by atoms with E-state index in [1.54, 1.807) is 19.2 Å². The van der Waals surface area contributed by atoms with E-state index >= 15 is 0 Å². The molecule has 1 rings (SSSR count). The van der Waals surface area contributed by atoms with Crippen molar-refractivity contribution in [3.05, 3.63) is 39.1 Å². The molecule has 0 aliphatic rings. The van der Waals surface area contributed by atoms with Gasteiger partial charge in [-0.2, -0.15) is 0 Å². The number of nitrogens with one attached hydrogen (secondary N) is 1. The molecule has 0 saturated carbocycles. The number of azide groups is 1. The van der Waals surface area contributed by atoms with Gasteiger partial charge in [-0.25, -0.2) is 0 Å². The van der Waals surface area contributed by atoms with Gasteiger partial charge in [-0.1, -0.05) is 5.11 Å². The highest BCUT2D eigenvalue weighted by Crippen LogP contribution is 2.03. The Labute approximate surface area is 181 Å². The number of carbonyl (C=O) groups excluding carboxylic acids is 1. The summed E-state index contributed by atoms with van der Waals surface area (Å²) in [4.78, 5) is 26.0. The lowest BCUT2D eigenvalue weighted by Crippen LogP contribution is -2.25. The molecule has 0 amide bonds. The highest BCUT2D eigenvalue weighted by Gasteiger charge is 2.05. The Morgan fingerprint density at radius 1 is 1.03 bits per heavy atom. The third-order valence-corrected chi connectivity index (χ3v) is 3.68. The Morgan fingerprint density at radius 2 is 1.65 bits per heavy atom. The quantitative estimate of drug-likeness (QED) is 0.111. The van der Waals surface area contributed by atoms with Crippen molar-refractivity contribution in [3.8, 4) is 0 Å². The van der Waals surface area contributed by atoms with Gasteiger partial charge in [0.25, 0.3) is 5.56 Å². The number of aromatic nitrogens is 1. The number of ether oxygens (including phenoxy) is 5. The maximum atomic E-state index is 11.8. The summed E-state index contributed by atoms with van der Waals surface area (Å²) in [5, 5.41) is 6.49. The van der Waals surface area contributed by atoms with Gasteiger partial charge in [-0.3, -0.25) is 9.59 Å². The fourth-order valence-corrected chi connectivity index (χ4v) is 2.28.